The number of hydrogen-bond acceptors (Lipinski definition) is 3. The fourth-order valence-corrected chi connectivity index (χ4v) is 2.75. The minimum Gasteiger partial charge on any atom is -0.307 e. The third kappa shape index (κ3) is 3.96. The Morgan fingerprint density at radius 2 is 2.20 bits per heavy atom. The van der Waals surface area contributed by atoms with Crippen LogP contribution in [-0.4, -0.2) is 25.5 Å². The van der Waals surface area contributed by atoms with E-state index in [0.717, 1.165) is 15.7 Å². The maximum absolute atomic E-state index is 13.2. The summed E-state index contributed by atoms with van der Waals surface area (Å²) in [5.74, 6) is -0.0559. The van der Waals surface area contributed by atoms with E-state index in [1.807, 2.05) is 13.0 Å². The highest BCUT2D eigenvalue weighted by Crippen LogP contribution is 2.19. The highest BCUT2D eigenvalue weighted by molar-refractivity contribution is 9.10. The SMILES string of the molecule is Cc1c(Br)cnn1C(C)C(=O)Nc1ccn(Cc2cccc(F)c2)n1. The largest absolute Gasteiger partial charge is 0.307 e. The molecule has 0 saturated carbocycles. The Kier molecular flexibility index (Phi) is 4.98. The number of amides is 1. The second-order valence-corrected chi connectivity index (χ2v) is 6.57. The average molecular weight is 406 g/mol. The molecule has 3 aromatic rings. The van der Waals surface area contributed by atoms with Crippen LogP contribution in [0, 0.1) is 12.7 Å². The van der Waals surface area contributed by atoms with Crippen LogP contribution in [0.2, 0.25) is 0 Å². The van der Waals surface area contributed by atoms with E-state index >= 15 is 0 Å². The first kappa shape index (κ1) is 17.3. The molecule has 0 radical (unpaired) electrons. The van der Waals surface area contributed by atoms with Gasteiger partial charge in [0.2, 0.25) is 5.91 Å². The van der Waals surface area contributed by atoms with Gasteiger partial charge in [-0.05, 0) is 47.5 Å². The van der Waals surface area contributed by atoms with Crippen molar-refractivity contribution in [3.63, 3.8) is 0 Å². The average Bonchev–Trinajstić information content (AvgIpc) is 3.14. The van der Waals surface area contributed by atoms with Gasteiger partial charge in [0.1, 0.15) is 11.9 Å². The lowest BCUT2D eigenvalue weighted by atomic mass is 10.2. The Balaban J connectivity index is 1.66. The molecular formula is C17H17BrFN5O. The van der Waals surface area contributed by atoms with Gasteiger partial charge < -0.3 is 5.32 Å². The molecule has 1 amide bonds. The van der Waals surface area contributed by atoms with Crippen molar-refractivity contribution in [3.8, 4) is 0 Å². The molecule has 0 fully saturated rings. The Morgan fingerprint density at radius 1 is 1.40 bits per heavy atom. The van der Waals surface area contributed by atoms with E-state index in [0.29, 0.717) is 12.4 Å². The number of halogens is 2. The fraction of sp³-hybridized carbons (Fsp3) is 0.235. The van der Waals surface area contributed by atoms with Gasteiger partial charge >= 0.3 is 0 Å². The van der Waals surface area contributed by atoms with Gasteiger partial charge in [-0.15, -0.1) is 0 Å². The van der Waals surface area contributed by atoms with Crippen LogP contribution in [0.5, 0.6) is 0 Å². The molecule has 130 valence electrons. The lowest BCUT2D eigenvalue weighted by Gasteiger charge is -2.13. The van der Waals surface area contributed by atoms with Crippen molar-refractivity contribution >= 4 is 27.7 Å². The Morgan fingerprint density at radius 3 is 2.88 bits per heavy atom. The molecule has 1 unspecified atom stereocenters. The molecule has 25 heavy (non-hydrogen) atoms. The topological polar surface area (TPSA) is 64.7 Å². The van der Waals surface area contributed by atoms with Crippen molar-refractivity contribution < 1.29 is 9.18 Å². The van der Waals surface area contributed by atoms with Gasteiger partial charge in [0, 0.05) is 12.3 Å². The minimum absolute atomic E-state index is 0.213. The summed E-state index contributed by atoms with van der Waals surface area (Å²) in [5.41, 5.74) is 1.67. The Hall–Kier alpha value is -2.48. The van der Waals surface area contributed by atoms with Gasteiger partial charge in [0.05, 0.1) is 22.9 Å². The lowest BCUT2D eigenvalue weighted by Crippen LogP contribution is -2.25. The van der Waals surface area contributed by atoms with Gasteiger partial charge in [-0.2, -0.15) is 10.2 Å². The zero-order chi connectivity index (χ0) is 18.0. The van der Waals surface area contributed by atoms with Crippen LogP contribution >= 0.6 is 15.9 Å². The molecule has 1 atom stereocenters. The first-order valence-corrected chi connectivity index (χ1v) is 8.51. The maximum atomic E-state index is 13.2. The normalized spacial score (nSPS) is 12.2. The number of hydrogen-bond donors (Lipinski definition) is 1. The van der Waals surface area contributed by atoms with E-state index < -0.39 is 6.04 Å². The van der Waals surface area contributed by atoms with Crippen molar-refractivity contribution in [2.45, 2.75) is 26.4 Å². The van der Waals surface area contributed by atoms with Crippen LogP contribution < -0.4 is 5.32 Å². The standard InChI is InChI=1S/C17H17BrFN5O/c1-11-15(18)9-20-24(11)12(2)17(25)21-16-6-7-23(22-16)10-13-4-3-5-14(19)8-13/h3-9,12H,10H2,1-2H3,(H,21,22,25). The molecule has 8 heteroatoms. The lowest BCUT2D eigenvalue weighted by molar-refractivity contribution is -0.119. The Bertz CT molecular complexity index is 904. The summed E-state index contributed by atoms with van der Waals surface area (Å²) in [6.07, 6.45) is 3.40. The predicted octanol–water partition coefficient (Wildman–Crippen LogP) is 3.54. The Labute approximate surface area is 152 Å². The number of nitrogens with zero attached hydrogens (tertiary/aromatic N) is 4. The zero-order valence-corrected chi connectivity index (χ0v) is 15.4. The van der Waals surface area contributed by atoms with Gasteiger partial charge in [-0.3, -0.25) is 14.2 Å². The van der Waals surface area contributed by atoms with Crippen molar-refractivity contribution in [3.05, 3.63) is 64.3 Å². The summed E-state index contributed by atoms with van der Waals surface area (Å²) in [4.78, 5) is 12.4. The van der Waals surface area contributed by atoms with Crippen molar-refractivity contribution in [1.29, 1.82) is 0 Å². The van der Waals surface area contributed by atoms with Crippen LogP contribution in [0.15, 0.2) is 47.2 Å². The summed E-state index contributed by atoms with van der Waals surface area (Å²) in [6, 6.07) is 7.57. The minimum atomic E-state index is -0.473. The number of rotatable bonds is 5. The monoisotopic (exact) mass is 405 g/mol. The maximum Gasteiger partial charge on any atom is 0.250 e. The van der Waals surface area contributed by atoms with Gasteiger partial charge in [0.25, 0.3) is 0 Å². The molecule has 3 rings (SSSR count). The van der Waals surface area contributed by atoms with E-state index in [9.17, 15) is 9.18 Å². The van der Waals surface area contributed by atoms with Crippen molar-refractivity contribution in [2.75, 3.05) is 5.32 Å². The van der Waals surface area contributed by atoms with Gasteiger partial charge in [-0.25, -0.2) is 4.39 Å². The molecule has 0 aliphatic rings. The van der Waals surface area contributed by atoms with Crippen molar-refractivity contribution in [1.82, 2.24) is 19.6 Å². The third-order valence-electron chi connectivity index (χ3n) is 3.86. The molecule has 1 N–H and O–H groups in total. The molecular weight excluding hydrogens is 389 g/mol. The first-order chi connectivity index (χ1) is 11.9. The van der Waals surface area contributed by atoms with Gasteiger partial charge in [0.15, 0.2) is 5.82 Å². The number of aromatic nitrogens is 4. The van der Waals surface area contributed by atoms with Crippen LogP contribution in [0.4, 0.5) is 10.2 Å². The highest BCUT2D eigenvalue weighted by atomic mass is 79.9. The van der Waals surface area contributed by atoms with Crippen LogP contribution in [0.1, 0.15) is 24.2 Å². The summed E-state index contributed by atoms with van der Waals surface area (Å²) in [6.45, 7) is 4.08. The molecule has 1 aromatic carbocycles. The molecule has 2 heterocycles. The van der Waals surface area contributed by atoms with Crippen LogP contribution in [-0.2, 0) is 11.3 Å². The van der Waals surface area contributed by atoms with E-state index in [2.05, 4.69) is 31.4 Å². The fourth-order valence-electron chi connectivity index (χ4n) is 2.47. The van der Waals surface area contributed by atoms with Crippen LogP contribution in [0.3, 0.4) is 0 Å². The van der Waals surface area contributed by atoms with Gasteiger partial charge in [-0.1, -0.05) is 12.1 Å². The molecule has 0 bridgehead atoms. The first-order valence-electron chi connectivity index (χ1n) is 7.72. The quantitative estimate of drug-likeness (QED) is 0.705. The molecule has 6 nitrogen and oxygen atoms in total. The second-order valence-electron chi connectivity index (χ2n) is 5.72. The number of carbonyl (C=O) groups excluding carboxylic acids is 1. The summed E-state index contributed by atoms with van der Waals surface area (Å²) < 4.78 is 17.4. The molecule has 0 aliphatic carbocycles. The third-order valence-corrected chi connectivity index (χ3v) is 4.64. The number of nitrogens with one attached hydrogen (secondary N) is 1. The zero-order valence-electron chi connectivity index (χ0n) is 13.8. The molecule has 0 spiro atoms. The molecule has 0 aliphatic heterocycles. The number of benzene rings is 1. The summed E-state index contributed by atoms with van der Waals surface area (Å²) >= 11 is 3.38. The predicted molar refractivity (Wildman–Crippen MR) is 95.7 cm³/mol. The second kappa shape index (κ2) is 7.18. The van der Waals surface area contributed by atoms with Crippen LogP contribution in [0.25, 0.3) is 0 Å². The summed E-state index contributed by atoms with van der Waals surface area (Å²) in [7, 11) is 0. The highest BCUT2D eigenvalue weighted by Gasteiger charge is 2.19. The number of carbonyl (C=O) groups is 1. The smallest absolute Gasteiger partial charge is 0.250 e. The number of anilines is 1. The van der Waals surface area contributed by atoms with Crippen molar-refractivity contribution in [2.24, 2.45) is 0 Å². The van der Waals surface area contributed by atoms with E-state index in [1.165, 1.54) is 12.1 Å². The van der Waals surface area contributed by atoms with E-state index in [1.54, 1.807) is 40.8 Å². The molecule has 2 aromatic heterocycles. The van der Waals surface area contributed by atoms with E-state index in [-0.39, 0.29) is 11.7 Å². The van der Waals surface area contributed by atoms with E-state index in [4.69, 9.17) is 0 Å². The summed E-state index contributed by atoms with van der Waals surface area (Å²) in [5, 5.41) is 11.3. The molecule has 0 saturated heterocycles.